The fourth-order valence-electron chi connectivity index (χ4n) is 3.11. The lowest BCUT2D eigenvalue weighted by Crippen LogP contribution is -2.52. The van der Waals surface area contributed by atoms with Gasteiger partial charge in [0, 0.05) is 0 Å². The molecule has 0 radical (unpaired) electrons. The van der Waals surface area contributed by atoms with Crippen molar-refractivity contribution in [2.24, 2.45) is 11.7 Å². The van der Waals surface area contributed by atoms with Gasteiger partial charge in [0.05, 0.1) is 0 Å². The van der Waals surface area contributed by atoms with E-state index in [1.165, 1.54) is 25.7 Å². The van der Waals surface area contributed by atoms with Crippen molar-refractivity contribution in [3.63, 3.8) is 0 Å². The van der Waals surface area contributed by atoms with Crippen LogP contribution in [-0.2, 0) is 9.53 Å². The summed E-state index contributed by atoms with van der Waals surface area (Å²) in [5.74, 6) is 0.564. The lowest BCUT2D eigenvalue weighted by Gasteiger charge is -2.34. The lowest BCUT2D eigenvalue weighted by molar-refractivity contribution is -0.158. The van der Waals surface area contributed by atoms with Gasteiger partial charge in [0.1, 0.15) is 11.6 Å². The number of hydrogen-bond acceptors (Lipinski definition) is 3. The molecular formula is C15H27NO2. The Hall–Kier alpha value is -0.570. The van der Waals surface area contributed by atoms with Crippen LogP contribution in [0.1, 0.15) is 71.1 Å². The Morgan fingerprint density at radius 2 is 1.61 bits per heavy atom. The molecule has 0 amide bonds. The molecule has 0 aromatic rings. The summed E-state index contributed by atoms with van der Waals surface area (Å²) in [4.78, 5) is 12.3. The molecule has 0 bridgehead atoms. The van der Waals surface area contributed by atoms with E-state index in [9.17, 15) is 4.79 Å². The zero-order valence-corrected chi connectivity index (χ0v) is 11.6. The molecule has 2 aliphatic carbocycles. The van der Waals surface area contributed by atoms with E-state index in [1.807, 2.05) is 0 Å². The maximum atomic E-state index is 12.3. The molecule has 0 aromatic heterocycles. The highest BCUT2D eigenvalue weighted by Crippen LogP contribution is 2.32. The average Bonchev–Trinajstić information content (AvgIpc) is 2.62. The van der Waals surface area contributed by atoms with Gasteiger partial charge in [0.25, 0.3) is 0 Å². The number of nitrogens with two attached hydrogens (primary N) is 1. The van der Waals surface area contributed by atoms with Crippen LogP contribution in [0.4, 0.5) is 0 Å². The molecule has 2 aliphatic rings. The molecule has 104 valence electrons. The van der Waals surface area contributed by atoms with Gasteiger partial charge in [0.15, 0.2) is 0 Å². The number of esters is 1. The third-order valence-electron chi connectivity index (χ3n) is 4.65. The Morgan fingerprint density at radius 1 is 1.06 bits per heavy atom. The van der Waals surface area contributed by atoms with Crippen LogP contribution in [0.25, 0.3) is 0 Å². The first kappa shape index (κ1) is 13.9. The van der Waals surface area contributed by atoms with Crippen molar-refractivity contribution in [1.82, 2.24) is 0 Å². The topological polar surface area (TPSA) is 52.3 Å². The van der Waals surface area contributed by atoms with E-state index < -0.39 is 5.54 Å². The maximum absolute atomic E-state index is 12.3. The highest BCUT2D eigenvalue weighted by Gasteiger charge is 2.39. The second-order valence-corrected chi connectivity index (χ2v) is 6.36. The van der Waals surface area contributed by atoms with Crippen LogP contribution >= 0.6 is 0 Å². The molecule has 2 fully saturated rings. The van der Waals surface area contributed by atoms with Gasteiger partial charge in [0.2, 0.25) is 0 Å². The fraction of sp³-hybridized carbons (Fsp3) is 0.933. The summed E-state index contributed by atoms with van der Waals surface area (Å²) in [6.07, 6.45) is 10.8. The Bertz CT molecular complexity index is 274. The van der Waals surface area contributed by atoms with Crippen molar-refractivity contribution in [3.8, 4) is 0 Å². The van der Waals surface area contributed by atoms with Crippen LogP contribution in [0, 0.1) is 5.92 Å². The third kappa shape index (κ3) is 3.47. The van der Waals surface area contributed by atoms with Gasteiger partial charge in [-0.05, 0) is 57.3 Å². The Morgan fingerprint density at radius 3 is 2.17 bits per heavy atom. The Kier molecular flexibility index (Phi) is 4.66. The SMILES string of the molecule is CC1CCC(N)(C(=O)OC2CCCCCC2)CC1. The third-order valence-corrected chi connectivity index (χ3v) is 4.65. The van der Waals surface area contributed by atoms with Crippen molar-refractivity contribution in [2.45, 2.75) is 82.8 Å². The molecular weight excluding hydrogens is 226 g/mol. The normalized spacial score (nSPS) is 34.9. The van der Waals surface area contributed by atoms with E-state index >= 15 is 0 Å². The van der Waals surface area contributed by atoms with Crippen molar-refractivity contribution in [3.05, 3.63) is 0 Å². The van der Waals surface area contributed by atoms with Crippen LogP contribution < -0.4 is 5.73 Å². The molecule has 0 saturated heterocycles. The van der Waals surface area contributed by atoms with Gasteiger partial charge in [-0.3, -0.25) is 4.79 Å². The molecule has 0 unspecified atom stereocenters. The molecule has 0 aliphatic heterocycles. The van der Waals surface area contributed by atoms with Crippen LogP contribution in [0.3, 0.4) is 0 Å². The molecule has 0 heterocycles. The van der Waals surface area contributed by atoms with Gasteiger partial charge in [-0.15, -0.1) is 0 Å². The Balaban J connectivity index is 1.86. The highest BCUT2D eigenvalue weighted by molar-refractivity contribution is 5.80. The van der Waals surface area contributed by atoms with Crippen molar-refractivity contribution in [1.29, 1.82) is 0 Å². The minimum atomic E-state index is -0.696. The number of ether oxygens (including phenoxy) is 1. The summed E-state index contributed by atoms with van der Waals surface area (Å²) in [6.45, 7) is 2.23. The minimum absolute atomic E-state index is 0.125. The zero-order valence-electron chi connectivity index (χ0n) is 11.6. The smallest absolute Gasteiger partial charge is 0.326 e. The van der Waals surface area contributed by atoms with Gasteiger partial charge in [-0.2, -0.15) is 0 Å². The molecule has 2 rings (SSSR count). The number of rotatable bonds is 2. The molecule has 0 spiro atoms. The van der Waals surface area contributed by atoms with Crippen LogP contribution in [0.15, 0.2) is 0 Å². The molecule has 2 saturated carbocycles. The second-order valence-electron chi connectivity index (χ2n) is 6.36. The first-order valence-electron chi connectivity index (χ1n) is 7.60. The lowest BCUT2D eigenvalue weighted by atomic mass is 9.78. The summed E-state index contributed by atoms with van der Waals surface area (Å²) in [7, 11) is 0. The minimum Gasteiger partial charge on any atom is -0.461 e. The van der Waals surface area contributed by atoms with Crippen LogP contribution in [0.2, 0.25) is 0 Å². The molecule has 2 N–H and O–H groups in total. The van der Waals surface area contributed by atoms with Crippen LogP contribution in [-0.4, -0.2) is 17.6 Å². The summed E-state index contributed by atoms with van der Waals surface area (Å²) >= 11 is 0. The van der Waals surface area contributed by atoms with E-state index in [0.717, 1.165) is 38.5 Å². The highest BCUT2D eigenvalue weighted by atomic mass is 16.5. The molecule has 18 heavy (non-hydrogen) atoms. The van der Waals surface area contributed by atoms with E-state index in [4.69, 9.17) is 10.5 Å². The quantitative estimate of drug-likeness (QED) is 0.607. The average molecular weight is 253 g/mol. The monoisotopic (exact) mass is 253 g/mol. The van der Waals surface area contributed by atoms with Crippen molar-refractivity contribution >= 4 is 5.97 Å². The van der Waals surface area contributed by atoms with E-state index in [-0.39, 0.29) is 12.1 Å². The molecule has 3 heteroatoms. The Labute approximate surface area is 110 Å². The molecule has 3 nitrogen and oxygen atoms in total. The van der Waals surface area contributed by atoms with Crippen molar-refractivity contribution in [2.75, 3.05) is 0 Å². The second kappa shape index (κ2) is 6.05. The summed E-state index contributed by atoms with van der Waals surface area (Å²) in [5.41, 5.74) is 5.55. The van der Waals surface area contributed by atoms with Gasteiger partial charge >= 0.3 is 5.97 Å². The zero-order chi connectivity index (χ0) is 13.0. The predicted molar refractivity (Wildman–Crippen MR) is 72.1 cm³/mol. The summed E-state index contributed by atoms with van der Waals surface area (Å²) in [5, 5.41) is 0. The largest absolute Gasteiger partial charge is 0.461 e. The maximum Gasteiger partial charge on any atom is 0.326 e. The first-order chi connectivity index (χ1) is 8.60. The number of hydrogen-bond donors (Lipinski definition) is 1. The summed E-state index contributed by atoms with van der Waals surface area (Å²) < 4.78 is 5.69. The summed E-state index contributed by atoms with van der Waals surface area (Å²) in [6, 6.07) is 0. The van der Waals surface area contributed by atoms with Gasteiger partial charge < -0.3 is 10.5 Å². The predicted octanol–water partition coefficient (Wildman–Crippen LogP) is 3.16. The van der Waals surface area contributed by atoms with Gasteiger partial charge in [-0.1, -0.05) is 19.8 Å². The first-order valence-corrected chi connectivity index (χ1v) is 7.60. The van der Waals surface area contributed by atoms with Crippen molar-refractivity contribution < 1.29 is 9.53 Å². The van der Waals surface area contributed by atoms with E-state index in [0.29, 0.717) is 5.92 Å². The molecule has 0 atom stereocenters. The van der Waals surface area contributed by atoms with Crippen LogP contribution in [0.5, 0.6) is 0 Å². The van der Waals surface area contributed by atoms with Gasteiger partial charge in [-0.25, -0.2) is 0 Å². The number of carbonyl (C=O) groups excluding carboxylic acids is 1. The standard InChI is InChI=1S/C15H27NO2/c1-12-8-10-15(16,11-9-12)14(17)18-13-6-4-2-3-5-7-13/h12-13H,2-11,16H2,1H3. The molecule has 0 aromatic carbocycles. The van der Waals surface area contributed by atoms with E-state index in [1.54, 1.807) is 0 Å². The number of carbonyl (C=O) groups is 1. The fourth-order valence-corrected chi connectivity index (χ4v) is 3.11. The van der Waals surface area contributed by atoms with E-state index in [2.05, 4.69) is 6.92 Å².